The lowest BCUT2D eigenvalue weighted by molar-refractivity contribution is 0.562. The van der Waals surface area contributed by atoms with Gasteiger partial charge in [0.15, 0.2) is 0 Å². The van der Waals surface area contributed by atoms with Crippen molar-refractivity contribution in [1.29, 1.82) is 0 Å². The van der Waals surface area contributed by atoms with Crippen LogP contribution < -0.4 is 0 Å². The molecule has 1 aromatic carbocycles. The number of carbonyl (C=O) groups excluding carboxylic acids is 1. The van der Waals surface area contributed by atoms with E-state index < -0.39 is 0 Å². The standard InChI is InChI=1S/C13H17NO/c1-10-7-12(3)13(8-11(10)2)5-4-6-14-9-15/h7-8H,4-6H2,1-3H3. The second-order valence-electron chi connectivity index (χ2n) is 3.94. The zero-order valence-electron chi connectivity index (χ0n) is 9.63. The van der Waals surface area contributed by atoms with Crippen LogP contribution in [0.1, 0.15) is 28.7 Å². The summed E-state index contributed by atoms with van der Waals surface area (Å²) in [5.41, 5.74) is 5.35. The zero-order valence-corrected chi connectivity index (χ0v) is 9.63. The van der Waals surface area contributed by atoms with Crippen LogP contribution in [0.3, 0.4) is 0 Å². The second-order valence-corrected chi connectivity index (χ2v) is 3.94. The molecule has 2 nitrogen and oxygen atoms in total. The van der Waals surface area contributed by atoms with Crippen LogP contribution >= 0.6 is 0 Å². The molecule has 0 amide bonds. The normalized spacial score (nSPS) is 9.80. The van der Waals surface area contributed by atoms with Crippen molar-refractivity contribution in [3.63, 3.8) is 0 Å². The Balaban J connectivity index is 2.68. The third-order valence-electron chi connectivity index (χ3n) is 2.73. The molecule has 0 N–H and O–H groups in total. The highest BCUT2D eigenvalue weighted by atomic mass is 16.1. The minimum Gasteiger partial charge on any atom is -0.211 e. The molecule has 1 aromatic rings. The fourth-order valence-electron chi connectivity index (χ4n) is 1.68. The van der Waals surface area contributed by atoms with Gasteiger partial charge in [0.25, 0.3) is 0 Å². The Morgan fingerprint density at radius 1 is 1.13 bits per heavy atom. The van der Waals surface area contributed by atoms with E-state index in [1.807, 2.05) is 0 Å². The van der Waals surface area contributed by atoms with Crippen LogP contribution in [0.2, 0.25) is 0 Å². The Hall–Kier alpha value is -1.40. The molecule has 0 heterocycles. The highest BCUT2D eigenvalue weighted by Gasteiger charge is 2.01. The largest absolute Gasteiger partial charge is 0.234 e. The van der Waals surface area contributed by atoms with E-state index in [9.17, 15) is 4.79 Å². The Labute approximate surface area is 91.0 Å². The van der Waals surface area contributed by atoms with Gasteiger partial charge < -0.3 is 0 Å². The maximum Gasteiger partial charge on any atom is 0.234 e. The number of rotatable bonds is 4. The summed E-state index contributed by atoms with van der Waals surface area (Å²) in [5.74, 6) is 0. The molecule has 2 heteroatoms. The van der Waals surface area contributed by atoms with Crippen molar-refractivity contribution in [3.8, 4) is 0 Å². The SMILES string of the molecule is Cc1cc(C)c(CCCN=C=O)cc1C. The molecular formula is C13H17NO. The summed E-state index contributed by atoms with van der Waals surface area (Å²) >= 11 is 0. The van der Waals surface area contributed by atoms with Crippen LogP contribution in [0.25, 0.3) is 0 Å². The maximum atomic E-state index is 9.89. The number of isocyanates is 1. The number of nitrogens with zero attached hydrogens (tertiary/aromatic N) is 1. The average Bonchev–Trinajstić information content (AvgIpc) is 2.20. The highest BCUT2D eigenvalue weighted by Crippen LogP contribution is 2.16. The average molecular weight is 203 g/mol. The number of hydrogen-bond donors (Lipinski definition) is 0. The highest BCUT2D eigenvalue weighted by molar-refractivity contribution is 5.36. The smallest absolute Gasteiger partial charge is 0.211 e. The molecule has 0 aromatic heterocycles. The molecule has 0 atom stereocenters. The predicted molar refractivity (Wildman–Crippen MR) is 62.0 cm³/mol. The monoisotopic (exact) mass is 203 g/mol. The summed E-state index contributed by atoms with van der Waals surface area (Å²) in [7, 11) is 0. The van der Waals surface area contributed by atoms with Gasteiger partial charge >= 0.3 is 0 Å². The lowest BCUT2D eigenvalue weighted by Crippen LogP contribution is -1.95. The van der Waals surface area contributed by atoms with Gasteiger partial charge in [-0.05, 0) is 55.9 Å². The van der Waals surface area contributed by atoms with E-state index in [2.05, 4.69) is 37.9 Å². The van der Waals surface area contributed by atoms with Crippen molar-refractivity contribution < 1.29 is 4.79 Å². The Bertz CT molecular complexity index is 390. The van der Waals surface area contributed by atoms with E-state index in [1.54, 1.807) is 6.08 Å². The number of aliphatic imine (C=N–C) groups is 1. The predicted octanol–water partition coefficient (Wildman–Crippen LogP) is 2.88. The minimum atomic E-state index is 0.579. The third kappa shape index (κ3) is 3.34. The van der Waals surface area contributed by atoms with E-state index in [4.69, 9.17) is 0 Å². The van der Waals surface area contributed by atoms with Gasteiger partial charge in [-0.3, -0.25) is 0 Å². The molecule has 80 valence electrons. The quantitative estimate of drug-likeness (QED) is 0.420. The summed E-state index contributed by atoms with van der Waals surface area (Å²) in [6.07, 6.45) is 3.46. The van der Waals surface area contributed by atoms with E-state index in [-0.39, 0.29) is 0 Å². The van der Waals surface area contributed by atoms with Crippen molar-refractivity contribution in [2.75, 3.05) is 6.54 Å². The number of aryl methyl sites for hydroxylation is 4. The van der Waals surface area contributed by atoms with Gasteiger partial charge in [-0.25, -0.2) is 9.79 Å². The molecule has 1 rings (SSSR count). The molecule has 0 saturated heterocycles. The number of benzene rings is 1. The van der Waals surface area contributed by atoms with Gasteiger partial charge in [0.05, 0.1) is 6.54 Å². The molecule has 0 aliphatic heterocycles. The van der Waals surface area contributed by atoms with Crippen LogP contribution in [-0.4, -0.2) is 12.6 Å². The topological polar surface area (TPSA) is 29.4 Å². The van der Waals surface area contributed by atoms with Crippen LogP contribution in [-0.2, 0) is 11.2 Å². The van der Waals surface area contributed by atoms with Crippen LogP contribution in [0, 0.1) is 20.8 Å². The van der Waals surface area contributed by atoms with E-state index in [0.717, 1.165) is 12.8 Å². The second kappa shape index (κ2) is 5.47. The zero-order chi connectivity index (χ0) is 11.3. The van der Waals surface area contributed by atoms with Crippen LogP contribution in [0.5, 0.6) is 0 Å². The Morgan fingerprint density at radius 2 is 1.80 bits per heavy atom. The fraction of sp³-hybridized carbons (Fsp3) is 0.462. The molecule has 0 aliphatic rings. The summed E-state index contributed by atoms with van der Waals surface area (Å²) < 4.78 is 0. The summed E-state index contributed by atoms with van der Waals surface area (Å²) in [6.45, 7) is 6.96. The molecule has 0 bridgehead atoms. The first kappa shape index (κ1) is 11.7. The summed E-state index contributed by atoms with van der Waals surface area (Å²) in [5, 5.41) is 0. The van der Waals surface area contributed by atoms with Crippen molar-refractivity contribution in [3.05, 3.63) is 34.4 Å². The lowest BCUT2D eigenvalue weighted by Gasteiger charge is -2.08. The Morgan fingerprint density at radius 3 is 2.47 bits per heavy atom. The van der Waals surface area contributed by atoms with Crippen molar-refractivity contribution >= 4 is 6.08 Å². The number of hydrogen-bond acceptors (Lipinski definition) is 2. The van der Waals surface area contributed by atoms with E-state index in [1.165, 1.54) is 22.3 Å². The Kier molecular flexibility index (Phi) is 4.26. The first-order valence-corrected chi connectivity index (χ1v) is 5.25. The van der Waals surface area contributed by atoms with Crippen molar-refractivity contribution in [2.45, 2.75) is 33.6 Å². The molecule has 0 spiro atoms. The molecular weight excluding hydrogens is 186 g/mol. The molecule has 0 aliphatic carbocycles. The van der Waals surface area contributed by atoms with Gasteiger partial charge in [0.2, 0.25) is 6.08 Å². The third-order valence-corrected chi connectivity index (χ3v) is 2.73. The molecule has 0 radical (unpaired) electrons. The van der Waals surface area contributed by atoms with Crippen LogP contribution in [0.4, 0.5) is 0 Å². The van der Waals surface area contributed by atoms with E-state index >= 15 is 0 Å². The first-order chi connectivity index (χ1) is 7.15. The molecule has 0 unspecified atom stereocenters. The molecule has 0 saturated carbocycles. The first-order valence-electron chi connectivity index (χ1n) is 5.25. The van der Waals surface area contributed by atoms with E-state index in [0.29, 0.717) is 6.54 Å². The molecule has 0 fully saturated rings. The maximum absolute atomic E-state index is 9.89. The summed E-state index contributed by atoms with van der Waals surface area (Å²) in [6, 6.07) is 4.45. The van der Waals surface area contributed by atoms with Gasteiger partial charge in [-0.15, -0.1) is 0 Å². The van der Waals surface area contributed by atoms with Crippen molar-refractivity contribution in [1.82, 2.24) is 0 Å². The summed E-state index contributed by atoms with van der Waals surface area (Å²) in [4.78, 5) is 13.4. The fourth-order valence-corrected chi connectivity index (χ4v) is 1.68. The van der Waals surface area contributed by atoms with Crippen molar-refractivity contribution in [2.24, 2.45) is 4.99 Å². The van der Waals surface area contributed by atoms with Gasteiger partial charge in [0, 0.05) is 0 Å². The lowest BCUT2D eigenvalue weighted by atomic mass is 9.98. The molecule has 15 heavy (non-hydrogen) atoms. The van der Waals surface area contributed by atoms with Gasteiger partial charge in [-0.1, -0.05) is 12.1 Å². The van der Waals surface area contributed by atoms with Gasteiger partial charge in [0.1, 0.15) is 0 Å². The van der Waals surface area contributed by atoms with Crippen LogP contribution in [0.15, 0.2) is 17.1 Å². The van der Waals surface area contributed by atoms with Gasteiger partial charge in [-0.2, -0.15) is 0 Å². The minimum absolute atomic E-state index is 0.579.